The van der Waals surface area contributed by atoms with Crippen LogP contribution in [0.15, 0.2) is 48.5 Å². The molecule has 0 aromatic heterocycles. The monoisotopic (exact) mass is 467 g/mol. The minimum absolute atomic E-state index is 0.310. The summed E-state index contributed by atoms with van der Waals surface area (Å²) in [5.41, 5.74) is 2.56. The fraction of sp³-hybridized carbons (Fsp3) is 0.444. The van der Waals surface area contributed by atoms with Crippen molar-refractivity contribution in [2.75, 3.05) is 11.9 Å². The summed E-state index contributed by atoms with van der Waals surface area (Å²) in [4.78, 5) is 41.0. The van der Waals surface area contributed by atoms with Gasteiger partial charge < -0.3 is 20.3 Å². The van der Waals surface area contributed by atoms with E-state index in [0.29, 0.717) is 18.7 Å². The fourth-order valence-corrected chi connectivity index (χ4v) is 3.66. The largest absolute Gasteiger partial charge is 0.444 e. The van der Waals surface area contributed by atoms with Gasteiger partial charge in [0.25, 0.3) is 5.91 Å². The van der Waals surface area contributed by atoms with E-state index in [9.17, 15) is 14.4 Å². The van der Waals surface area contributed by atoms with Gasteiger partial charge in [0.15, 0.2) is 0 Å². The van der Waals surface area contributed by atoms with Crippen LogP contribution >= 0.6 is 0 Å². The lowest BCUT2D eigenvalue weighted by molar-refractivity contribution is -0.140. The van der Waals surface area contributed by atoms with Crippen LogP contribution in [0, 0.1) is 13.8 Å². The highest BCUT2D eigenvalue weighted by atomic mass is 16.6. The van der Waals surface area contributed by atoms with Crippen LogP contribution in [0.3, 0.4) is 0 Å². The highest BCUT2D eigenvalue weighted by molar-refractivity contribution is 5.99. The summed E-state index contributed by atoms with van der Waals surface area (Å²) < 4.78 is 5.30. The van der Waals surface area contributed by atoms with Crippen LogP contribution < -0.4 is 10.6 Å². The third kappa shape index (κ3) is 7.33. The smallest absolute Gasteiger partial charge is 0.408 e. The number of amides is 3. The summed E-state index contributed by atoms with van der Waals surface area (Å²) in [6.45, 7) is 13.0. The number of carbonyl (C=O) groups is 3. The van der Waals surface area contributed by atoms with Crippen molar-refractivity contribution >= 4 is 23.6 Å². The van der Waals surface area contributed by atoms with Gasteiger partial charge >= 0.3 is 6.09 Å². The topological polar surface area (TPSA) is 87.7 Å². The van der Waals surface area contributed by atoms with Crippen molar-refractivity contribution in [3.05, 3.63) is 65.2 Å². The first-order chi connectivity index (χ1) is 15.9. The van der Waals surface area contributed by atoms with Gasteiger partial charge in [0.1, 0.15) is 17.7 Å². The van der Waals surface area contributed by atoms with E-state index in [0.717, 1.165) is 16.7 Å². The Balaban J connectivity index is 2.41. The molecule has 0 saturated heterocycles. The number of alkyl carbamates (subject to hydrolysis) is 1. The number of benzene rings is 2. The van der Waals surface area contributed by atoms with Gasteiger partial charge in [-0.05, 0) is 70.7 Å². The van der Waals surface area contributed by atoms with Gasteiger partial charge in [-0.15, -0.1) is 0 Å². The van der Waals surface area contributed by atoms with Gasteiger partial charge in [-0.2, -0.15) is 0 Å². The van der Waals surface area contributed by atoms with Gasteiger partial charge in [0.2, 0.25) is 5.91 Å². The number of carbonyl (C=O) groups excluding carboxylic acids is 3. The first-order valence-electron chi connectivity index (χ1n) is 11.7. The highest BCUT2D eigenvalue weighted by Gasteiger charge is 2.35. The third-order valence-electron chi connectivity index (χ3n) is 5.30. The van der Waals surface area contributed by atoms with E-state index in [4.69, 9.17) is 4.74 Å². The van der Waals surface area contributed by atoms with Crippen molar-refractivity contribution in [1.82, 2.24) is 10.2 Å². The van der Waals surface area contributed by atoms with Crippen LogP contribution in [-0.2, 0) is 14.3 Å². The van der Waals surface area contributed by atoms with Crippen molar-refractivity contribution in [2.45, 2.75) is 72.6 Å². The Kier molecular flexibility index (Phi) is 9.24. The molecular formula is C27H37N3O4. The summed E-state index contributed by atoms with van der Waals surface area (Å²) in [7, 11) is 0. The number of para-hydroxylation sites is 1. The molecule has 0 fully saturated rings. The summed E-state index contributed by atoms with van der Waals surface area (Å²) >= 11 is 0. The molecule has 7 heteroatoms. The summed E-state index contributed by atoms with van der Waals surface area (Å²) in [5.74, 6) is -0.671. The predicted molar refractivity (Wildman–Crippen MR) is 135 cm³/mol. The number of hydrogen-bond acceptors (Lipinski definition) is 4. The lowest BCUT2D eigenvalue weighted by atomic mass is 9.97. The SMILES string of the molecule is CCCN(C(=O)C(C)NC(=O)OC(C)(C)C)C(C(=O)Nc1ccccc1C)c1ccccc1C. The van der Waals surface area contributed by atoms with Gasteiger partial charge in [-0.3, -0.25) is 9.59 Å². The van der Waals surface area contributed by atoms with E-state index in [1.54, 1.807) is 27.7 Å². The molecular weight excluding hydrogens is 430 g/mol. The third-order valence-corrected chi connectivity index (χ3v) is 5.30. The first kappa shape index (κ1) is 26.9. The molecule has 2 rings (SSSR count). The maximum Gasteiger partial charge on any atom is 0.408 e. The fourth-order valence-electron chi connectivity index (χ4n) is 3.66. The van der Waals surface area contributed by atoms with Crippen molar-refractivity contribution in [3.8, 4) is 0 Å². The standard InChI is InChI=1S/C27H37N3O4/c1-8-17-30(25(32)20(4)28-26(33)34-27(5,6)7)23(21-15-11-9-13-18(21)2)24(31)29-22-16-12-10-14-19(22)3/h9-16,20,23H,8,17H2,1-7H3,(H,28,33)(H,29,31). The van der Waals surface area contributed by atoms with Gasteiger partial charge in [0, 0.05) is 12.2 Å². The lowest BCUT2D eigenvalue weighted by Gasteiger charge is -2.34. The molecule has 0 heterocycles. The number of anilines is 1. The predicted octanol–water partition coefficient (Wildman–Crippen LogP) is 5.14. The Morgan fingerprint density at radius 1 is 0.971 bits per heavy atom. The van der Waals surface area contributed by atoms with Crippen molar-refractivity contribution in [1.29, 1.82) is 0 Å². The Labute approximate surface area is 202 Å². The van der Waals surface area contributed by atoms with Crippen LogP contribution in [0.5, 0.6) is 0 Å². The molecule has 0 radical (unpaired) electrons. The number of nitrogens with one attached hydrogen (secondary N) is 2. The van der Waals surface area contributed by atoms with Gasteiger partial charge in [-0.1, -0.05) is 49.4 Å². The lowest BCUT2D eigenvalue weighted by Crippen LogP contribution is -2.51. The molecule has 2 aromatic rings. The van der Waals surface area contributed by atoms with Gasteiger partial charge in [0.05, 0.1) is 0 Å². The molecule has 0 aliphatic rings. The number of aryl methyl sites for hydroxylation is 2. The second-order valence-electron chi connectivity index (χ2n) is 9.46. The zero-order valence-corrected chi connectivity index (χ0v) is 21.3. The van der Waals surface area contributed by atoms with Crippen LogP contribution in [-0.4, -0.2) is 41.0 Å². The molecule has 0 saturated carbocycles. The maximum absolute atomic E-state index is 13.7. The first-order valence-corrected chi connectivity index (χ1v) is 11.7. The van der Waals surface area contributed by atoms with Crippen LogP contribution in [0.1, 0.15) is 63.8 Å². The number of nitrogens with zero attached hydrogens (tertiary/aromatic N) is 1. The van der Waals surface area contributed by atoms with E-state index in [-0.39, 0.29) is 11.8 Å². The molecule has 0 bridgehead atoms. The Bertz CT molecular complexity index is 1010. The summed E-state index contributed by atoms with van der Waals surface area (Å²) in [6, 6.07) is 13.3. The molecule has 3 amide bonds. The van der Waals surface area contributed by atoms with E-state index in [1.807, 2.05) is 69.3 Å². The summed E-state index contributed by atoms with van der Waals surface area (Å²) in [6.07, 6.45) is -0.0353. The maximum atomic E-state index is 13.7. The average Bonchev–Trinajstić information content (AvgIpc) is 2.74. The van der Waals surface area contributed by atoms with Crippen molar-refractivity contribution < 1.29 is 19.1 Å². The molecule has 184 valence electrons. The average molecular weight is 468 g/mol. The van der Waals surface area contributed by atoms with Crippen LogP contribution in [0.25, 0.3) is 0 Å². The minimum Gasteiger partial charge on any atom is -0.444 e. The molecule has 0 aliphatic heterocycles. The van der Waals surface area contributed by atoms with E-state index >= 15 is 0 Å². The van der Waals surface area contributed by atoms with E-state index < -0.39 is 23.8 Å². The molecule has 0 aliphatic carbocycles. The zero-order valence-electron chi connectivity index (χ0n) is 21.3. The second kappa shape index (κ2) is 11.7. The zero-order chi connectivity index (χ0) is 25.5. The van der Waals surface area contributed by atoms with Crippen molar-refractivity contribution in [2.24, 2.45) is 0 Å². The quantitative estimate of drug-likeness (QED) is 0.563. The summed E-state index contributed by atoms with van der Waals surface area (Å²) in [5, 5.41) is 5.61. The second-order valence-corrected chi connectivity index (χ2v) is 9.46. The molecule has 34 heavy (non-hydrogen) atoms. The van der Waals surface area contributed by atoms with Crippen molar-refractivity contribution in [3.63, 3.8) is 0 Å². The molecule has 2 N–H and O–H groups in total. The normalized spacial score (nSPS) is 12.9. The molecule has 2 aromatic carbocycles. The minimum atomic E-state index is -0.876. The van der Waals surface area contributed by atoms with E-state index in [2.05, 4.69) is 10.6 Å². The van der Waals surface area contributed by atoms with Crippen LogP contribution in [0.2, 0.25) is 0 Å². The Morgan fingerprint density at radius 2 is 1.56 bits per heavy atom. The van der Waals surface area contributed by atoms with Crippen LogP contribution in [0.4, 0.5) is 10.5 Å². The number of hydrogen-bond donors (Lipinski definition) is 2. The number of rotatable bonds is 8. The molecule has 2 atom stereocenters. The van der Waals surface area contributed by atoms with Gasteiger partial charge in [-0.25, -0.2) is 4.79 Å². The molecule has 2 unspecified atom stereocenters. The Hall–Kier alpha value is -3.35. The highest BCUT2D eigenvalue weighted by Crippen LogP contribution is 2.27. The molecule has 0 spiro atoms. The Morgan fingerprint density at radius 3 is 2.12 bits per heavy atom. The van der Waals surface area contributed by atoms with E-state index in [1.165, 1.54) is 4.90 Å². The molecule has 7 nitrogen and oxygen atoms in total. The number of ether oxygens (including phenoxy) is 1.